The van der Waals surface area contributed by atoms with Crippen molar-refractivity contribution in [1.82, 2.24) is 14.8 Å². The number of carbonyl (C=O) groups excluding carboxylic acids is 1. The van der Waals surface area contributed by atoms with Crippen LogP contribution in [0.15, 0.2) is 71.5 Å². The van der Waals surface area contributed by atoms with Gasteiger partial charge < -0.3 is 29.6 Å². The van der Waals surface area contributed by atoms with Gasteiger partial charge in [-0.15, -0.1) is 0 Å². The molecule has 3 aliphatic rings. The molecule has 2 bridgehead atoms. The first-order valence-corrected chi connectivity index (χ1v) is 13.0. The standard InChI is InChI=1S/C28H28N4O4S/c33-26-7-3-4-23-20-12-18(15-32(23)26)14-31(16-20)28(37)30-21-10-8-19(9-11-21)27(34)29-13-22-17-35-24-5-1-2-6-25(24)36-22/h1-11,18,20,22H,12-17H2,(H,29,34)(H,30,37)/t18-,20+,22+/m1/s1. The molecule has 0 saturated carbocycles. The first-order chi connectivity index (χ1) is 18.0. The third-order valence-electron chi connectivity index (χ3n) is 7.22. The number of rotatable bonds is 4. The second-order valence-electron chi connectivity index (χ2n) is 9.82. The molecule has 0 aliphatic carbocycles. The van der Waals surface area contributed by atoms with Gasteiger partial charge in [0.2, 0.25) is 0 Å². The number of hydrogen-bond acceptors (Lipinski definition) is 5. The molecule has 4 heterocycles. The maximum atomic E-state index is 12.7. The zero-order valence-electron chi connectivity index (χ0n) is 20.3. The summed E-state index contributed by atoms with van der Waals surface area (Å²) in [5, 5.41) is 6.90. The van der Waals surface area contributed by atoms with Crippen molar-refractivity contribution in [2.75, 3.05) is 31.6 Å². The predicted octanol–water partition coefficient (Wildman–Crippen LogP) is 3.23. The molecule has 1 amide bonds. The van der Waals surface area contributed by atoms with Crippen molar-refractivity contribution in [1.29, 1.82) is 0 Å². The van der Waals surface area contributed by atoms with Gasteiger partial charge in [-0.3, -0.25) is 9.59 Å². The Kier molecular flexibility index (Phi) is 6.30. The van der Waals surface area contributed by atoms with Crippen molar-refractivity contribution in [2.24, 2.45) is 5.92 Å². The van der Waals surface area contributed by atoms with E-state index in [1.165, 1.54) is 0 Å². The van der Waals surface area contributed by atoms with E-state index in [1.807, 2.05) is 47.0 Å². The maximum Gasteiger partial charge on any atom is 0.251 e. The van der Waals surface area contributed by atoms with Crippen molar-refractivity contribution in [3.05, 3.63) is 88.3 Å². The van der Waals surface area contributed by atoms with Gasteiger partial charge in [-0.05, 0) is 67.0 Å². The molecule has 1 aromatic heterocycles. The summed E-state index contributed by atoms with van der Waals surface area (Å²) in [6.07, 6.45) is 0.837. The van der Waals surface area contributed by atoms with Crippen LogP contribution in [0.3, 0.4) is 0 Å². The second-order valence-corrected chi connectivity index (χ2v) is 10.2. The van der Waals surface area contributed by atoms with Gasteiger partial charge in [0, 0.05) is 48.6 Å². The van der Waals surface area contributed by atoms with Crippen molar-refractivity contribution < 1.29 is 14.3 Å². The number of likely N-dealkylation sites (tertiary alicyclic amines) is 1. The lowest BCUT2D eigenvalue weighted by atomic mass is 9.83. The van der Waals surface area contributed by atoms with E-state index in [4.69, 9.17) is 21.7 Å². The number of pyridine rings is 1. The Bertz CT molecular complexity index is 1390. The molecule has 190 valence electrons. The van der Waals surface area contributed by atoms with Gasteiger partial charge in [0.25, 0.3) is 11.5 Å². The number of amides is 1. The van der Waals surface area contributed by atoms with E-state index in [-0.39, 0.29) is 17.6 Å². The Hall–Kier alpha value is -3.85. The summed E-state index contributed by atoms with van der Waals surface area (Å²) in [4.78, 5) is 27.1. The molecule has 2 aromatic carbocycles. The molecule has 6 rings (SSSR count). The molecular weight excluding hydrogens is 488 g/mol. The molecule has 0 radical (unpaired) electrons. The van der Waals surface area contributed by atoms with Gasteiger partial charge in [0.1, 0.15) is 12.7 Å². The number of anilines is 1. The molecule has 2 N–H and O–H groups in total. The molecule has 1 saturated heterocycles. The van der Waals surface area contributed by atoms with Crippen LogP contribution in [0.4, 0.5) is 5.69 Å². The van der Waals surface area contributed by atoms with Crippen LogP contribution in [0.1, 0.15) is 28.4 Å². The Morgan fingerprint density at radius 3 is 2.62 bits per heavy atom. The van der Waals surface area contributed by atoms with Crippen molar-refractivity contribution in [3.8, 4) is 11.5 Å². The van der Waals surface area contributed by atoms with Crippen LogP contribution in [-0.2, 0) is 6.54 Å². The van der Waals surface area contributed by atoms with Crippen LogP contribution in [0.5, 0.6) is 11.5 Å². The van der Waals surface area contributed by atoms with Crippen LogP contribution in [0, 0.1) is 5.92 Å². The van der Waals surface area contributed by atoms with Crippen LogP contribution >= 0.6 is 12.2 Å². The number of ether oxygens (including phenoxy) is 2. The number of nitrogens with zero attached hydrogens (tertiary/aromatic N) is 2. The van der Waals surface area contributed by atoms with E-state index < -0.39 is 0 Å². The van der Waals surface area contributed by atoms with E-state index in [1.54, 1.807) is 18.2 Å². The molecule has 3 aliphatic heterocycles. The van der Waals surface area contributed by atoms with Crippen molar-refractivity contribution >= 4 is 28.9 Å². The maximum absolute atomic E-state index is 12.7. The summed E-state index contributed by atoms with van der Waals surface area (Å²) in [5.41, 5.74) is 2.56. The number of carbonyl (C=O) groups is 1. The fourth-order valence-electron chi connectivity index (χ4n) is 5.44. The second kappa shape index (κ2) is 9.89. The summed E-state index contributed by atoms with van der Waals surface area (Å²) in [6.45, 7) is 3.08. The predicted molar refractivity (Wildman–Crippen MR) is 144 cm³/mol. The molecule has 9 heteroatoms. The summed E-state index contributed by atoms with van der Waals surface area (Å²) < 4.78 is 13.5. The van der Waals surface area contributed by atoms with Gasteiger partial charge in [-0.2, -0.15) is 0 Å². The zero-order valence-corrected chi connectivity index (χ0v) is 21.1. The normalized spacial score (nSPS) is 21.5. The monoisotopic (exact) mass is 516 g/mol. The molecular formula is C28H28N4O4S. The van der Waals surface area contributed by atoms with E-state index in [9.17, 15) is 9.59 Å². The Labute approximate surface area is 220 Å². The highest BCUT2D eigenvalue weighted by Crippen LogP contribution is 2.35. The average Bonchev–Trinajstić information content (AvgIpc) is 2.92. The smallest absolute Gasteiger partial charge is 0.251 e. The molecule has 3 atom stereocenters. The lowest BCUT2D eigenvalue weighted by molar-refractivity contribution is 0.0789. The van der Waals surface area contributed by atoms with E-state index in [0.717, 1.165) is 43.2 Å². The highest BCUT2D eigenvalue weighted by Gasteiger charge is 2.35. The summed E-state index contributed by atoms with van der Waals surface area (Å²) >= 11 is 5.73. The van der Waals surface area contributed by atoms with Crippen LogP contribution < -0.4 is 25.7 Å². The minimum Gasteiger partial charge on any atom is -0.486 e. The van der Waals surface area contributed by atoms with E-state index in [0.29, 0.717) is 41.4 Å². The van der Waals surface area contributed by atoms with Crippen molar-refractivity contribution in [3.63, 3.8) is 0 Å². The quantitative estimate of drug-likeness (QED) is 0.515. The first-order valence-electron chi connectivity index (χ1n) is 12.6. The zero-order chi connectivity index (χ0) is 25.4. The molecule has 3 aromatic rings. The van der Waals surface area contributed by atoms with Crippen molar-refractivity contribution in [2.45, 2.75) is 25.0 Å². The molecule has 1 fully saturated rings. The molecule has 0 spiro atoms. The van der Waals surface area contributed by atoms with Gasteiger partial charge in [0.15, 0.2) is 16.6 Å². The number of thiocarbonyl (C=S) groups is 1. The highest BCUT2D eigenvalue weighted by atomic mass is 32.1. The Morgan fingerprint density at radius 2 is 1.78 bits per heavy atom. The largest absolute Gasteiger partial charge is 0.486 e. The minimum atomic E-state index is -0.244. The van der Waals surface area contributed by atoms with Gasteiger partial charge in [-0.25, -0.2) is 0 Å². The SMILES string of the molecule is O=C(NC[C@H]1COc2ccccc2O1)c1ccc(NC(=S)N2C[C@H]3C[C@@H](C2)c2cccc(=O)n2C3)cc1. The lowest BCUT2D eigenvalue weighted by Crippen LogP contribution is -2.50. The highest BCUT2D eigenvalue weighted by molar-refractivity contribution is 7.80. The number of piperidine rings is 1. The fourth-order valence-corrected chi connectivity index (χ4v) is 5.71. The number of benzene rings is 2. The third-order valence-corrected chi connectivity index (χ3v) is 7.58. The number of fused-ring (bicyclic) bond motifs is 5. The summed E-state index contributed by atoms with van der Waals surface area (Å²) in [7, 11) is 0. The van der Waals surface area contributed by atoms with Gasteiger partial charge in [-0.1, -0.05) is 18.2 Å². The summed E-state index contributed by atoms with van der Waals surface area (Å²) in [6, 6.07) is 20.3. The van der Waals surface area contributed by atoms with Crippen LogP contribution in [0.2, 0.25) is 0 Å². The lowest BCUT2D eigenvalue weighted by Gasteiger charge is -2.43. The summed E-state index contributed by atoms with van der Waals surface area (Å²) in [5.74, 6) is 1.92. The van der Waals surface area contributed by atoms with E-state index >= 15 is 0 Å². The molecule has 0 unspecified atom stereocenters. The third kappa shape index (κ3) is 4.91. The number of para-hydroxylation sites is 2. The van der Waals surface area contributed by atoms with Crippen LogP contribution in [0.25, 0.3) is 0 Å². The number of nitrogens with one attached hydrogen (secondary N) is 2. The Balaban J connectivity index is 1.03. The number of aromatic nitrogens is 1. The fraction of sp³-hybridized carbons (Fsp3) is 0.321. The average molecular weight is 517 g/mol. The minimum absolute atomic E-state index is 0.0791. The van der Waals surface area contributed by atoms with Crippen LogP contribution in [-0.4, -0.2) is 52.8 Å². The number of hydrogen-bond donors (Lipinski definition) is 2. The van der Waals surface area contributed by atoms with E-state index in [2.05, 4.69) is 21.6 Å². The first kappa shape index (κ1) is 23.5. The van der Waals surface area contributed by atoms with Gasteiger partial charge >= 0.3 is 0 Å². The topological polar surface area (TPSA) is 84.8 Å². The Morgan fingerprint density at radius 1 is 0.973 bits per heavy atom. The van der Waals surface area contributed by atoms with Gasteiger partial charge in [0.05, 0.1) is 6.54 Å². The molecule has 37 heavy (non-hydrogen) atoms. The molecule has 8 nitrogen and oxygen atoms in total.